The maximum atomic E-state index is 10.3. The summed E-state index contributed by atoms with van der Waals surface area (Å²) in [7, 11) is 1.74. The lowest BCUT2D eigenvalue weighted by molar-refractivity contribution is 0.0292. The number of benzene rings is 2. The van der Waals surface area contributed by atoms with E-state index < -0.39 is 11.8 Å². The van der Waals surface area contributed by atoms with Gasteiger partial charge in [0, 0.05) is 18.5 Å². The molecular formula is C19H22ClN3O. The maximum absolute atomic E-state index is 10.3. The van der Waals surface area contributed by atoms with Gasteiger partial charge in [0.2, 0.25) is 0 Å². The summed E-state index contributed by atoms with van der Waals surface area (Å²) >= 11 is 6.16. The Morgan fingerprint density at radius 2 is 2.04 bits per heavy atom. The number of aryl methyl sites for hydroxylation is 1. The SMILES string of the molecule is Cc1ccc(Cl)cc1-c1cccc(C2(C)CC(O)N(C)C(N)=N2)c1. The maximum Gasteiger partial charge on any atom is 0.193 e. The Morgan fingerprint density at radius 3 is 2.75 bits per heavy atom. The normalized spacial score (nSPS) is 24.0. The van der Waals surface area contributed by atoms with E-state index in [-0.39, 0.29) is 0 Å². The van der Waals surface area contributed by atoms with Crippen LogP contribution in [0.25, 0.3) is 11.1 Å². The minimum Gasteiger partial charge on any atom is -0.373 e. The van der Waals surface area contributed by atoms with Gasteiger partial charge in [0.25, 0.3) is 0 Å². The van der Waals surface area contributed by atoms with Crippen molar-refractivity contribution in [1.29, 1.82) is 0 Å². The minimum atomic E-state index is -0.649. The van der Waals surface area contributed by atoms with Gasteiger partial charge in [-0.25, -0.2) is 4.99 Å². The quantitative estimate of drug-likeness (QED) is 0.877. The third-order valence-electron chi connectivity index (χ3n) is 4.74. The first-order valence-electron chi connectivity index (χ1n) is 7.93. The molecule has 2 atom stereocenters. The van der Waals surface area contributed by atoms with Gasteiger partial charge in [0.1, 0.15) is 6.23 Å². The predicted molar refractivity (Wildman–Crippen MR) is 99.0 cm³/mol. The van der Waals surface area contributed by atoms with Crippen LogP contribution < -0.4 is 5.73 Å². The second-order valence-electron chi connectivity index (χ2n) is 6.58. The van der Waals surface area contributed by atoms with Crippen molar-refractivity contribution in [1.82, 2.24) is 4.90 Å². The Labute approximate surface area is 147 Å². The molecule has 1 aliphatic heterocycles. The van der Waals surface area contributed by atoms with Gasteiger partial charge in [-0.2, -0.15) is 0 Å². The van der Waals surface area contributed by atoms with Crippen molar-refractivity contribution < 1.29 is 5.11 Å². The van der Waals surface area contributed by atoms with E-state index in [4.69, 9.17) is 17.3 Å². The van der Waals surface area contributed by atoms with Crippen LogP contribution in [-0.2, 0) is 5.54 Å². The van der Waals surface area contributed by atoms with Gasteiger partial charge in [-0.1, -0.05) is 35.9 Å². The van der Waals surface area contributed by atoms with Crippen LogP contribution in [0.15, 0.2) is 47.5 Å². The second kappa shape index (κ2) is 6.11. The summed E-state index contributed by atoms with van der Waals surface area (Å²) in [5.74, 6) is 0.348. The average molecular weight is 344 g/mol. The van der Waals surface area contributed by atoms with Crippen molar-refractivity contribution in [3.05, 3.63) is 58.6 Å². The van der Waals surface area contributed by atoms with Gasteiger partial charge in [-0.15, -0.1) is 0 Å². The summed E-state index contributed by atoms with van der Waals surface area (Å²) in [4.78, 5) is 6.21. The van der Waals surface area contributed by atoms with E-state index in [1.165, 1.54) is 0 Å². The molecule has 2 aromatic rings. The van der Waals surface area contributed by atoms with Gasteiger partial charge < -0.3 is 15.7 Å². The van der Waals surface area contributed by atoms with Crippen molar-refractivity contribution in [2.75, 3.05) is 7.05 Å². The lowest BCUT2D eigenvalue weighted by atomic mass is 9.85. The Bertz CT molecular complexity index is 805. The van der Waals surface area contributed by atoms with Gasteiger partial charge >= 0.3 is 0 Å². The van der Waals surface area contributed by atoms with Gasteiger partial charge in [-0.05, 0) is 54.3 Å². The second-order valence-corrected chi connectivity index (χ2v) is 7.02. The van der Waals surface area contributed by atoms with E-state index >= 15 is 0 Å². The molecule has 0 radical (unpaired) electrons. The molecule has 2 unspecified atom stereocenters. The molecule has 0 amide bonds. The molecule has 0 spiro atoms. The highest BCUT2D eigenvalue weighted by atomic mass is 35.5. The van der Waals surface area contributed by atoms with E-state index in [9.17, 15) is 5.11 Å². The van der Waals surface area contributed by atoms with Crippen LogP contribution in [-0.4, -0.2) is 29.2 Å². The van der Waals surface area contributed by atoms with Crippen LogP contribution in [0, 0.1) is 6.92 Å². The molecule has 4 nitrogen and oxygen atoms in total. The summed E-state index contributed by atoms with van der Waals surface area (Å²) < 4.78 is 0. The third-order valence-corrected chi connectivity index (χ3v) is 4.98. The van der Waals surface area contributed by atoms with Crippen LogP contribution in [0.1, 0.15) is 24.5 Å². The molecule has 126 valence electrons. The summed E-state index contributed by atoms with van der Waals surface area (Å²) in [6.45, 7) is 4.07. The van der Waals surface area contributed by atoms with Crippen molar-refractivity contribution in [2.45, 2.75) is 32.0 Å². The molecule has 1 heterocycles. The number of halogens is 1. The molecule has 24 heavy (non-hydrogen) atoms. The van der Waals surface area contributed by atoms with Crippen molar-refractivity contribution in [2.24, 2.45) is 10.7 Å². The number of aliphatic hydroxyl groups is 1. The third kappa shape index (κ3) is 2.99. The van der Waals surface area contributed by atoms with Crippen LogP contribution in [0.2, 0.25) is 5.02 Å². The first kappa shape index (κ1) is 16.8. The predicted octanol–water partition coefficient (Wildman–Crippen LogP) is 3.50. The molecule has 3 rings (SSSR count). The van der Waals surface area contributed by atoms with Gasteiger partial charge in [0.05, 0.1) is 5.54 Å². The summed E-state index contributed by atoms with van der Waals surface area (Å²) in [5.41, 5.74) is 9.77. The zero-order valence-electron chi connectivity index (χ0n) is 14.1. The monoisotopic (exact) mass is 343 g/mol. The topological polar surface area (TPSA) is 61.8 Å². The Kier molecular flexibility index (Phi) is 4.28. The number of aliphatic imine (C=N–C) groups is 1. The highest BCUT2D eigenvalue weighted by Gasteiger charge is 2.36. The first-order chi connectivity index (χ1) is 11.3. The van der Waals surface area contributed by atoms with Crippen molar-refractivity contribution in [3.63, 3.8) is 0 Å². The molecule has 0 aliphatic carbocycles. The van der Waals surface area contributed by atoms with Gasteiger partial charge in [-0.3, -0.25) is 0 Å². The number of guanidine groups is 1. The molecule has 0 bridgehead atoms. The fourth-order valence-corrected chi connectivity index (χ4v) is 3.30. The molecule has 0 saturated carbocycles. The van der Waals surface area contributed by atoms with E-state index in [0.717, 1.165) is 22.3 Å². The fourth-order valence-electron chi connectivity index (χ4n) is 3.13. The number of hydrogen-bond acceptors (Lipinski definition) is 4. The van der Waals surface area contributed by atoms with Crippen LogP contribution in [0.5, 0.6) is 0 Å². The zero-order valence-corrected chi connectivity index (χ0v) is 14.9. The number of nitrogens with two attached hydrogens (primary N) is 1. The van der Waals surface area contributed by atoms with Crippen LogP contribution in [0.3, 0.4) is 0 Å². The van der Waals surface area contributed by atoms with E-state index in [1.807, 2.05) is 37.3 Å². The van der Waals surface area contributed by atoms with E-state index in [2.05, 4.69) is 24.0 Å². The highest BCUT2D eigenvalue weighted by Crippen LogP contribution is 2.37. The minimum absolute atomic E-state index is 0.348. The fraction of sp³-hybridized carbons (Fsp3) is 0.316. The van der Waals surface area contributed by atoms with Crippen molar-refractivity contribution in [3.8, 4) is 11.1 Å². The molecular weight excluding hydrogens is 322 g/mol. The molecule has 5 heteroatoms. The van der Waals surface area contributed by atoms with E-state index in [1.54, 1.807) is 11.9 Å². The Hall–Kier alpha value is -2.04. The molecule has 0 fully saturated rings. The summed E-state index contributed by atoms with van der Waals surface area (Å²) in [6.07, 6.45) is -0.161. The molecule has 3 N–H and O–H groups in total. The standard InChI is InChI=1S/C19H22ClN3O/c1-12-7-8-15(20)10-16(12)13-5-4-6-14(9-13)19(2)11-17(24)23(3)18(21)22-19/h4-10,17,24H,11H2,1-3H3,(H2,21,22). The summed E-state index contributed by atoms with van der Waals surface area (Å²) in [6, 6.07) is 14.1. The van der Waals surface area contributed by atoms with Crippen LogP contribution in [0.4, 0.5) is 0 Å². The number of rotatable bonds is 2. The zero-order chi connectivity index (χ0) is 17.5. The molecule has 0 saturated heterocycles. The highest BCUT2D eigenvalue weighted by molar-refractivity contribution is 6.30. The Balaban J connectivity index is 2.07. The number of aliphatic hydroxyl groups excluding tert-OH is 1. The lowest BCUT2D eigenvalue weighted by Crippen LogP contribution is -2.50. The average Bonchev–Trinajstić information content (AvgIpc) is 2.55. The Morgan fingerprint density at radius 1 is 1.29 bits per heavy atom. The molecule has 1 aliphatic rings. The number of hydrogen-bond donors (Lipinski definition) is 2. The number of nitrogens with zero attached hydrogens (tertiary/aromatic N) is 2. The molecule has 0 aromatic heterocycles. The lowest BCUT2D eigenvalue weighted by Gasteiger charge is -2.38. The van der Waals surface area contributed by atoms with Gasteiger partial charge in [0.15, 0.2) is 5.96 Å². The molecule has 2 aromatic carbocycles. The van der Waals surface area contributed by atoms with Crippen molar-refractivity contribution >= 4 is 17.6 Å². The largest absolute Gasteiger partial charge is 0.373 e. The van der Waals surface area contributed by atoms with Crippen LogP contribution >= 0.6 is 11.6 Å². The summed E-state index contributed by atoms with van der Waals surface area (Å²) in [5, 5.41) is 11.0. The first-order valence-corrected chi connectivity index (χ1v) is 8.31. The van der Waals surface area contributed by atoms with E-state index in [0.29, 0.717) is 17.4 Å². The smallest absolute Gasteiger partial charge is 0.193 e.